The maximum Gasteiger partial charge on any atom is 0.187 e. The summed E-state index contributed by atoms with van der Waals surface area (Å²) in [7, 11) is 0. The smallest absolute Gasteiger partial charge is 0.187 e. The maximum absolute atomic E-state index is 9.99. The molecule has 0 aliphatic heterocycles. The van der Waals surface area contributed by atoms with Crippen molar-refractivity contribution in [1.82, 2.24) is 0 Å². The van der Waals surface area contributed by atoms with Crippen LogP contribution < -0.4 is 0 Å². The molecule has 0 aromatic heterocycles. The number of benzene rings is 1. The van der Waals surface area contributed by atoms with Crippen molar-refractivity contribution in [2.75, 3.05) is 13.2 Å². The summed E-state index contributed by atoms with van der Waals surface area (Å²) in [6.07, 6.45) is -1.31. The third kappa shape index (κ3) is 3.63. The molecular weight excluding hydrogens is 192 g/mol. The molecule has 84 valence electrons. The van der Waals surface area contributed by atoms with Crippen molar-refractivity contribution in [3.63, 3.8) is 0 Å². The molecule has 15 heavy (non-hydrogen) atoms. The molecule has 0 saturated heterocycles. The van der Waals surface area contributed by atoms with Crippen molar-refractivity contribution in [1.29, 1.82) is 0 Å². The molecule has 1 atom stereocenters. The zero-order valence-corrected chi connectivity index (χ0v) is 9.22. The molecule has 1 aromatic rings. The van der Waals surface area contributed by atoms with Gasteiger partial charge in [0.15, 0.2) is 6.29 Å². The van der Waals surface area contributed by atoms with E-state index in [1.54, 1.807) is 0 Å². The van der Waals surface area contributed by atoms with Crippen LogP contribution in [0.25, 0.3) is 0 Å². The lowest BCUT2D eigenvalue weighted by Gasteiger charge is -2.22. The van der Waals surface area contributed by atoms with E-state index in [2.05, 4.69) is 0 Å². The van der Waals surface area contributed by atoms with Crippen molar-refractivity contribution in [3.05, 3.63) is 35.9 Å². The normalized spacial score (nSPS) is 13.1. The van der Waals surface area contributed by atoms with Gasteiger partial charge in [-0.25, -0.2) is 0 Å². The van der Waals surface area contributed by atoms with Crippen LogP contribution >= 0.6 is 0 Å². The van der Waals surface area contributed by atoms with Crippen LogP contribution in [0.3, 0.4) is 0 Å². The van der Waals surface area contributed by atoms with Crippen molar-refractivity contribution in [2.24, 2.45) is 0 Å². The van der Waals surface area contributed by atoms with Gasteiger partial charge in [0.05, 0.1) is 0 Å². The molecule has 0 spiro atoms. The molecule has 0 aliphatic carbocycles. The summed E-state index contributed by atoms with van der Waals surface area (Å²) in [6.45, 7) is 4.80. The minimum Gasteiger partial charge on any atom is -0.383 e. The molecule has 0 saturated carbocycles. The van der Waals surface area contributed by atoms with Gasteiger partial charge in [-0.1, -0.05) is 30.3 Å². The van der Waals surface area contributed by atoms with Crippen molar-refractivity contribution in [2.45, 2.75) is 26.2 Å². The molecule has 0 amide bonds. The fourth-order valence-corrected chi connectivity index (χ4v) is 1.37. The third-order valence-electron chi connectivity index (χ3n) is 2.06. The molecule has 3 heteroatoms. The van der Waals surface area contributed by atoms with Gasteiger partial charge >= 0.3 is 0 Å². The monoisotopic (exact) mass is 210 g/mol. The van der Waals surface area contributed by atoms with Gasteiger partial charge in [0.2, 0.25) is 0 Å². The van der Waals surface area contributed by atoms with E-state index in [0.717, 1.165) is 5.56 Å². The summed E-state index contributed by atoms with van der Waals surface area (Å²) in [6, 6.07) is 9.39. The van der Waals surface area contributed by atoms with Crippen LogP contribution in [0.1, 0.15) is 25.5 Å². The Morgan fingerprint density at radius 1 is 1.07 bits per heavy atom. The molecule has 1 aromatic carbocycles. The Morgan fingerprint density at radius 3 is 2.07 bits per heavy atom. The average molecular weight is 210 g/mol. The fourth-order valence-electron chi connectivity index (χ4n) is 1.37. The molecule has 0 fully saturated rings. The number of ether oxygens (including phenoxy) is 2. The first-order chi connectivity index (χ1) is 7.29. The van der Waals surface area contributed by atoms with Gasteiger partial charge in [0.1, 0.15) is 6.10 Å². The molecule has 1 rings (SSSR count). The Bertz CT molecular complexity index is 255. The van der Waals surface area contributed by atoms with Crippen LogP contribution in [0.4, 0.5) is 0 Å². The van der Waals surface area contributed by atoms with E-state index in [0.29, 0.717) is 13.2 Å². The largest absolute Gasteiger partial charge is 0.383 e. The van der Waals surface area contributed by atoms with Gasteiger partial charge in [-0.2, -0.15) is 0 Å². The predicted octanol–water partition coefficient (Wildman–Crippen LogP) is 2.12. The molecule has 0 radical (unpaired) electrons. The SMILES string of the molecule is CCOC(OCC)C(O)c1ccccc1. The molecule has 3 nitrogen and oxygen atoms in total. The Morgan fingerprint density at radius 2 is 1.60 bits per heavy atom. The highest BCUT2D eigenvalue weighted by molar-refractivity contribution is 5.17. The topological polar surface area (TPSA) is 38.7 Å². The van der Waals surface area contributed by atoms with Gasteiger partial charge in [-0.15, -0.1) is 0 Å². The summed E-state index contributed by atoms with van der Waals surface area (Å²) < 4.78 is 10.7. The van der Waals surface area contributed by atoms with E-state index in [-0.39, 0.29) is 0 Å². The first-order valence-corrected chi connectivity index (χ1v) is 5.25. The van der Waals surface area contributed by atoms with Crippen LogP contribution in [0.15, 0.2) is 30.3 Å². The summed E-state index contributed by atoms with van der Waals surface area (Å²) >= 11 is 0. The van der Waals surface area contributed by atoms with Gasteiger partial charge in [0.25, 0.3) is 0 Å². The van der Waals surface area contributed by atoms with E-state index in [9.17, 15) is 5.11 Å². The van der Waals surface area contributed by atoms with Crippen LogP contribution in [0.2, 0.25) is 0 Å². The number of hydrogen-bond acceptors (Lipinski definition) is 3. The lowest BCUT2D eigenvalue weighted by molar-refractivity contribution is -0.191. The van der Waals surface area contributed by atoms with Gasteiger partial charge in [0, 0.05) is 13.2 Å². The van der Waals surface area contributed by atoms with Crippen LogP contribution in [-0.4, -0.2) is 24.6 Å². The lowest BCUT2D eigenvalue weighted by atomic mass is 10.1. The zero-order chi connectivity index (χ0) is 11.1. The predicted molar refractivity (Wildman–Crippen MR) is 58.4 cm³/mol. The van der Waals surface area contributed by atoms with E-state index in [1.807, 2.05) is 44.2 Å². The van der Waals surface area contributed by atoms with Crippen molar-refractivity contribution < 1.29 is 14.6 Å². The summed E-state index contributed by atoms with van der Waals surface area (Å²) in [5.74, 6) is 0. The fraction of sp³-hybridized carbons (Fsp3) is 0.500. The molecular formula is C12H18O3. The number of hydrogen-bond donors (Lipinski definition) is 1. The Labute approximate surface area is 90.6 Å². The minimum absolute atomic E-state index is 0.522. The molecule has 1 unspecified atom stereocenters. The average Bonchev–Trinajstić information content (AvgIpc) is 2.29. The summed E-state index contributed by atoms with van der Waals surface area (Å²) in [5.41, 5.74) is 0.810. The summed E-state index contributed by atoms with van der Waals surface area (Å²) in [5, 5.41) is 9.99. The summed E-state index contributed by atoms with van der Waals surface area (Å²) in [4.78, 5) is 0. The van der Waals surface area contributed by atoms with Gasteiger partial charge < -0.3 is 14.6 Å². The van der Waals surface area contributed by atoms with Crippen molar-refractivity contribution in [3.8, 4) is 0 Å². The van der Waals surface area contributed by atoms with Crippen LogP contribution in [0.5, 0.6) is 0 Å². The van der Waals surface area contributed by atoms with E-state index in [4.69, 9.17) is 9.47 Å². The third-order valence-corrected chi connectivity index (χ3v) is 2.06. The molecule has 0 aliphatic rings. The van der Waals surface area contributed by atoms with Crippen LogP contribution in [0, 0.1) is 0 Å². The maximum atomic E-state index is 9.99. The molecule has 0 bridgehead atoms. The lowest BCUT2D eigenvalue weighted by Crippen LogP contribution is -2.25. The highest BCUT2D eigenvalue weighted by atomic mass is 16.7. The second-order valence-corrected chi connectivity index (χ2v) is 3.13. The van der Waals surface area contributed by atoms with E-state index >= 15 is 0 Å². The number of aliphatic hydroxyl groups excluding tert-OH is 1. The van der Waals surface area contributed by atoms with Crippen molar-refractivity contribution >= 4 is 0 Å². The van der Waals surface area contributed by atoms with Crippen LogP contribution in [-0.2, 0) is 9.47 Å². The quantitative estimate of drug-likeness (QED) is 0.731. The Balaban J connectivity index is 2.67. The zero-order valence-electron chi connectivity index (χ0n) is 9.22. The van der Waals surface area contributed by atoms with Gasteiger partial charge in [-0.3, -0.25) is 0 Å². The standard InChI is InChI=1S/C12H18O3/c1-3-14-12(15-4-2)11(13)10-8-6-5-7-9-10/h5-9,11-13H,3-4H2,1-2H3. The first kappa shape index (κ1) is 12.2. The Kier molecular flexibility index (Phi) is 5.32. The molecule has 0 heterocycles. The highest BCUT2D eigenvalue weighted by Gasteiger charge is 2.20. The number of aliphatic hydroxyl groups is 1. The highest BCUT2D eigenvalue weighted by Crippen LogP contribution is 2.19. The molecule has 1 N–H and O–H groups in total. The second-order valence-electron chi connectivity index (χ2n) is 3.13. The number of rotatable bonds is 6. The van der Waals surface area contributed by atoms with E-state index < -0.39 is 12.4 Å². The first-order valence-electron chi connectivity index (χ1n) is 5.25. The Hall–Kier alpha value is -0.900. The van der Waals surface area contributed by atoms with Gasteiger partial charge in [-0.05, 0) is 19.4 Å². The second kappa shape index (κ2) is 6.56. The minimum atomic E-state index is -0.730. The van der Waals surface area contributed by atoms with E-state index in [1.165, 1.54) is 0 Å².